The summed E-state index contributed by atoms with van der Waals surface area (Å²) in [5, 5.41) is 0. The summed E-state index contributed by atoms with van der Waals surface area (Å²) in [4.78, 5) is 0. The van der Waals surface area contributed by atoms with Gasteiger partial charge in [-0.2, -0.15) is 0 Å². The van der Waals surface area contributed by atoms with E-state index in [1.165, 1.54) is 0 Å². The lowest BCUT2D eigenvalue weighted by Crippen LogP contribution is -2.03. The minimum absolute atomic E-state index is 0.189. The fraction of sp³-hybridized carbons (Fsp3) is 0.455. The van der Waals surface area contributed by atoms with Crippen LogP contribution in [0.2, 0.25) is 0 Å². The van der Waals surface area contributed by atoms with Gasteiger partial charge in [0.1, 0.15) is 11.5 Å². The predicted molar refractivity (Wildman–Crippen MR) is 68.4 cm³/mol. The van der Waals surface area contributed by atoms with Gasteiger partial charge >= 0.3 is 7.60 Å². The summed E-state index contributed by atoms with van der Waals surface area (Å²) < 4.78 is 27.7. The predicted octanol–water partition coefficient (Wildman–Crippen LogP) is 3.54. The normalized spacial score (nSPS) is 14.1. The molecule has 1 aromatic carbocycles. The van der Waals surface area contributed by atoms with Crippen molar-refractivity contribution in [1.82, 2.24) is 0 Å². The molecule has 0 radical (unpaired) electrons. The van der Waals surface area contributed by atoms with Crippen molar-refractivity contribution in [1.29, 1.82) is 0 Å². The molecule has 1 unspecified atom stereocenters. The van der Waals surface area contributed by atoms with Crippen LogP contribution in [0.15, 0.2) is 24.3 Å². The standard InChI is InChI=1S/C11H16ClO4P/c1-3-15-17(13,9-8-12)16-11-6-4-10(14-2)5-7-11/h4-7H,3,8-9H2,1-2H3. The minimum atomic E-state index is -3.14. The Kier molecular flexibility index (Phi) is 5.83. The first-order valence-corrected chi connectivity index (χ1v) is 7.53. The number of ether oxygens (including phenoxy) is 1. The Balaban J connectivity index is 2.75. The van der Waals surface area contributed by atoms with Crippen molar-refractivity contribution >= 4 is 19.2 Å². The summed E-state index contributed by atoms with van der Waals surface area (Å²) >= 11 is 5.58. The first-order valence-electron chi connectivity index (χ1n) is 5.26. The van der Waals surface area contributed by atoms with Crippen LogP contribution in [0.25, 0.3) is 0 Å². The van der Waals surface area contributed by atoms with Crippen molar-refractivity contribution in [3.8, 4) is 11.5 Å². The molecular formula is C11H16ClO4P. The SMILES string of the molecule is CCOP(=O)(CCCl)Oc1ccc(OC)cc1. The van der Waals surface area contributed by atoms with E-state index in [1.807, 2.05) is 0 Å². The van der Waals surface area contributed by atoms with E-state index in [4.69, 9.17) is 25.4 Å². The molecule has 0 spiro atoms. The Morgan fingerprint density at radius 1 is 1.24 bits per heavy atom. The average molecular weight is 279 g/mol. The van der Waals surface area contributed by atoms with E-state index in [0.717, 1.165) is 0 Å². The molecule has 0 saturated heterocycles. The molecular weight excluding hydrogens is 263 g/mol. The molecule has 0 aromatic heterocycles. The first-order chi connectivity index (χ1) is 8.13. The molecule has 0 amide bonds. The fourth-order valence-electron chi connectivity index (χ4n) is 1.23. The smallest absolute Gasteiger partial charge is 0.380 e. The second-order valence-electron chi connectivity index (χ2n) is 3.21. The Hall–Kier alpha value is -0.700. The van der Waals surface area contributed by atoms with Crippen molar-refractivity contribution in [3.63, 3.8) is 0 Å². The van der Waals surface area contributed by atoms with E-state index in [2.05, 4.69) is 0 Å². The van der Waals surface area contributed by atoms with Gasteiger partial charge in [0.15, 0.2) is 0 Å². The van der Waals surface area contributed by atoms with Gasteiger partial charge in [0.05, 0.1) is 19.9 Å². The molecule has 0 aliphatic rings. The quantitative estimate of drug-likeness (QED) is 0.565. The molecule has 1 rings (SSSR count). The van der Waals surface area contributed by atoms with Gasteiger partial charge in [-0.3, -0.25) is 0 Å². The van der Waals surface area contributed by atoms with Crippen LogP contribution < -0.4 is 9.26 Å². The number of rotatable bonds is 7. The van der Waals surface area contributed by atoms with Gasteiger partial charge in [-0.25, -0.2) is 4.57 Å². The molecule has 0 aliphatic heterocycles. The zero-order valence-electron chi connectivity index (χ0n) is 9.89. The van der Waals surface area contributed by atoms with E-state index in [9.17, 15) is 4.57 Å². The second-order valence-corrected chi connectivity index (χ2v) is 5.70. The van der Waals surface area contributed by atoms with Crippen LogP contribution in [0.1, 0.15) is 6.92 Å². The molecule has 0 aliphatic carbocycles. The maximum atomic E-state index is 12.2. The van der Waals surface area contributed by atoms with Crippen molar-refractivity contribution < 1.29 is 18.3 Å². The van der Waals surface area contributed by atoms with E-state index in [1.54, 1.807) is 38.3 Å². The Bertz CT molecular complexity index is 370. The van der Waals surface area contributed by atoms with Crippen molar-refractivity contribution in [3.05, 3.63) is 24.3 Å². The topological polar surface area (TPSA) is 44.8 Å². The van der Waals surface area contributed by atoms with Crippen LogP contribution in [0.5, 0.6) is 11.5 Å². The summed E-state index contributed by atoms with van der Waals surface area (Å²) in [6.07, 6.45) is 0.189. The number of hydrogen-bond donors (Lipinski definition) is 0. The van der Waals surface area contributed by atoms with Gasteiger partial charge in [0.2, 0.25) is 0 Å². The third-order valence-electron chi connectivity index (χ3n) is 1.99. The number of alkyl halides is 1. The van der Waals surface area contributed by atoms with Gasteiger partial charge in [-0.05, 0) is 31.2 Å². The highest BCUT2D eigenvalue weighted by molar-refractivity contribution is 7.54. The zero-order chi connectivity index (χ0) is 12.7. The molecule has 17 heavy (non-hydrogen) atoms. The van der Waals surface area contributed by atoms with Gasteiger partial charge in [-0.15, -0.1) is 11.6 Å². The molecule has 96 valence electrons. The van der Waals surface area contributed by atoms with Gasteiger partial charge in [0.25, 0.3) is 0 Å². The lowest BCUT2D eigenvalue weighted by Gasteiger charge is -2.17. The third-order valence-corrected chi connectivity index (χ3v) is 4.35. The Labute approximate surface area is 106 Å². The lowest BCUT2D eigenvalue weighted by atomic mass is 10.3. The zero-order valence-corrected chi connectivity index (χ0v) is 11.5. The summed E-state index contributed by atoms with van der Waals surface area (Å²) in [5.41, 5.74) is 0. The maximum Gasteiger partial charge on any atom is 0.380 e. The summed E-state index contributed by atoms with van der Waals surface area (Å²) in [6, 6.07) is 6.82. The molecule has 0 heterocycles. The lowest BCUT2D eigenvalue weighted by molar-refractivity contribution is 0.280. The average Bonchev–Trinajstić information content (AvgIpc) is 2.30. The number of benzene rings is 1. The highest BCUT2D eigenvalue weighted by Crippen LogP contribution is 2.48. The Morgan fingerprint density at radius 2 is 1.82 bits per heavy atom. The van der Waals surface area contributed by atoms with Crippen LogP contribution in [0, 0.1) is 0 Å². The summed E-state index contributed by atoms with van der Waals surface area (Å²) in [6.45, 7) is 2.09. The van der Waals surface area contributed by atoms with Gasteiger partial charge in [0, 0.05) is 5.88 Å². The maximum absolute atomic E-state index is 12.2. The van der Waals surface area contributed by atoms with E-state index < -0.39 is 7.60 Å². The fourth-order valence-corrected chi connectivity index (χ4v) is 3.17. The van der Waals surface area contributed by atoms with E-state index in [0.29, 0.717) is 18.1 Å². The summed E-state index contributed by atoms with van der Waals surface area (Å²) in [7, 11) is -1.56. The minimum Gasteiger partial charge on any atom is -0.497 e. The van der Waals surface area contributed by atoms with Crippen molar-refractivity contribution in [2.75, 3.05) is 25.8 Å². The molecule has 0 saturated carbocycles. The van der Waals surface area contributed by atoms with Crippen LogP contribution >= 0.6 is 19.2 Å². The van der Waals surface area contributed by atoms with E-state index >= 15 is 0 Å². The number of hydrogen-bond acceptors (Lipinski definition) is 4. The highest BCUT2D eigenvalue weighted by Gasteiger charge is 2.24. The third kappa shape index (κ3) is 4.58. The number of methoxy groups -OCH3 is 1. The van der Waals surface area contributed by atoms with Gasteiger partial charge < -0.3 is 13.8 Å². The van der Waals surface area contributed by atoms with Crippen LogP contribution in [-0.2, 0) is 9.09 Å². The van der Waals surface area contributed by atoms with Crippen LogP contribution in [0.4, 0.5) is 0 Å². The van der Waals surface area contributed by atoms with Crippen LogP contribution in [-0.4, -0.2) is 25.8 Å². The van der Waals surface area contributed by atoms with Crippen molar-refractivity contribution in [2.45, 2.75) is 6.92 Å². The monoisotopic (exact) mass is 278 g/mol. The molecule has 0 bridgehead atoms. The number of halogens is 1. The second kappa shape index (κ2) is 6.90. The first kappa shape index (κ1) is 14.4. The highest BCUT2D eigenvalue weighted by atomic mass is 35.5. The Morgan fingerprint density at radius 3 is 2.29 bits per heavy atom. The van der Waals surface area contributed by atoms with Gasteiger partial charge in [-0.1, -0.05) is 0 Å². The molecule has 1 atom stereocenters. The molecule has 6 heteroatoms. The summed E-state index contributed by atoms with van der Waals surface area (Å²) in [5.74, 6) is 1.42. The molecule has 4 nitrogen and oxygen atoms in total. The molecule has 0 fully saturated rings. The largest absolute Gasteiger partial charge is 0.497 e. The van der Waals surface area contributed by atoms with Crippen molar-refractivity contribution in [2.24, 2.45) is 0 Å². The molecule has 0 N–H and O–H groups in total. The molecule has 1 aromatic rings. The van der Waals surface area contributed by atoms with E-state index in [-0.39, 0.29) is 12.0 Å². The van der Waals surface area contributed by atoms with Crippen LogP contribution in [0.3, 0.4) is 0 Å².